The van der Waals surface area contributed by atoms with Crippen LogP contribution in [-0.4, -0.2) is 5.92 Å². The van der Waals surface area contributed by atoms with Gasteiger partial charge in [-0.3, -0.25) is 0 Å². The van der Waals surface area contributed by atoms with Gasteiger partial charge >= 0.3 is 199 Å². The topological polar surface area (TPSA) is 0 Å². The predicted octanol–water partition coefficient (Wildman–Crippen LogP) is 6.63. The van der Waals surface area contributed by atoms with E-state index in [1.165, 1.54) is 30.4 Å². The summed E-state index contributed by atoms with van der Waals surface area (Å²) in [6, 6.07) is 23.1. The quantitative estimate of drug-likeness (QED) is 0.373. The first-order valence-corrected chi connectivity index (χ1v) is 20.2. The molecule has 0 N–H and O–H groups in total. The minimum absolute atomic E-state index is 0.264. The van der Waals surface area contributed by atoms with Crippen LogP contribution in [0, 0.1) is 0 Å². The van der Waals surface area contributed by atoms with Crippen molar-refractivity contribution in [1.29, 1.82) is 0 Å². The van der Waals surface area contributed by atoms with E-state index >= 15 is 0 Å². The summed E-state index contributed by atoms with van der Waals surface area (Å²) in [5, 5.41) is 3.27. The fourth-order valence-corrected chi connectivity index (χ4v) is 32.2. The molecule has 159 valence electrons. The summed E-state index contributed by atoms with van der Waals surface area (Å²) < 4.78 is 2.11. The van der Waals surface area contributed by atoms with Gasteiger partial charge in [0.2, 0.25) is 0 Å². The first-order valence-electron chi connectivity index (χ1n) is 11.7. The van der Waals surface area contributed by atoms with Gasteiger partial charge in [0, 0.05) is 0 Å². The van der Waals surface area contributed by atoms with Crippen molar-refractivity contribution in [2.75, 3.05) is 0 Å². The molecule has 2 aliphatic rings. The van der Waals surface area contributed by atoms with Gasteiger partial charge in [0.25, 0.3) is 0 Å². The van der Waals surface area contributed by atoms with Crippen LogP contribution in [0.1, 0.15) is 53.9 Å². The number of hydrogen-bond acceptors (Lipinski definition) is 0. The van der Waals surface area contributed by atoms with Gasteiger partial charge in [-0.15, -0.1) is 0 Å². The van der Waals surface area contributed by atoms with Crippen molar-refractivity contribution < 1.29 is 20.9 Å². The molecule has 0 bridgehead atoms. The molecule has 0 amide bonds. The van der Waals surface area contributed by atoms with E-state index in [0.717, 1.165) is 0 Å². The van der Waals surface area contributed by atoms with Crippen molar-refractivity contribution in [2.24, 2.45) is 0 Å². The zero-order valence-corrected chi connectivity index (χ0v) is 23.3. The molecule has 0 radical (unpaired) electrons. The van der Waals surface area contributed by atoms with E-state index in [1.54, 1.807) is 21.5 Å². The monoisotopic (exact) mass is 501 g/mol. The van der Waals surface area contributed by atoms with Crippen molar-refractivity contribution in [1.82, 2.24) is 0 Å². The number of allylic oxidation sites excluding steroid dienone is 8. The molecule has 4 rings (SSSR count). The fraction of sp³-hybridized carbons (Fsp3) is 0.310. The van der Waals surface area contributed by atoms with E-state index in [9.17, 15) is 0 Å². The Balaban J connectivity index is 1.92. The zero-order chi connectivity index (χ0) is 22.0. The third-order valence-electron chi connectivity index (χ3n) is 7.38. The van der Waals surface area contributed by atoms with Gasteiger partial charge in [-0.2, -0.15) is 0 Å². The molecule has 0 aromatic heterocycles. The van der Waals surface area contributed by atoms with Gasteiger partial charge in [-0.1, -0.05) is 0 Å². The maximum absolute atomic E-state index is 2.68. The van der Waals surface area contributed by atoms with Gasteiger partial charge in [-0.25, -0.2) is 0 Å². The molecule has 1 unspecified atom stereocenters. The first-order chi connectivity index (χ1) is 15.0. The Morgan fingerprint density at radius 2 is 1.48 bits per heavy atom. The van der Waals surface area contributed by atoms with Crippen LogP contribution in [-0.2, 0) is 20.9 Å². The van der Waals surface area contributed by atoms with Crippen LogP contribution in [0.5, 0.6) is 0 Å². The molecule has 0 saturated heterocycles. The van der Waals surface area contributed by atoms with Crippen LogP contribution in [0.15, 0.2) is 104 Å². The summed E-state index contributed by atoms with van der Waals surface area (Å²) >= 11 is -2.21. The van der Waals surface area contributed by atoms with E-state index in [0.29, 0.717) is 0 Å². The molecule has 0 heterocycles. The summed E-state index contributed by atoms with van der Waals surface area (Å²) in [4.78, 5) is 0. The number of rotatable bonds is 7. The SMILES string of the molecule is CCCC1=CC[C]([Zr]([SiH](c2ccccc2)c2ccccc2)[C]2(C)C=C(C)C(C)=C2C)=C1. The molecule has 0 aliphatic heterocycles. The summed E-state index contributed by atoms with van der Waals surface area (Å²) in [6.45, 7) is 12.0. The van der Waals surface area contributed by atoms with Crippen LogP contribution in [0.25, 0.3) is 0 Å². The van der Waals surface area contributed by atoms with Gasteiger partial charge < -0.3 is 0 Å². The summed E-state index contributed by atoms with van der Waals surface area (Å²) in [5.74, 6) is -1.36. The van der Waals surface area contributed by atoms with E-state index in [2.05, 4.69) is 114 Å². The van der Waals surface area contributed by atoms with Crippen molar-refractivity contribution in [3.8, 4) is 0 Å². The predicted molar refractivity (Wildman–Crippen MR) is 135 cm³/mol. The van der Waals surface area contributed by atoms with E-state index in [-0.39, 0.29) is 3.12 Å². The molecule has 2 heteroatoms. The number of benzene rings is 2. The molecule has 2 aliphatic carbocycles. The molecule has 1 atom stereocenters. The average Bonchev–Trinajstić information content (AvgIpc) is 3.32. The van der Waals surface area contributed by atoms with Crippen LogP contribution in [0.4, 0.5) is 0 Å². The van der Waals surface area contributed by atoms with E-state index in [1.807, 2.05) is 3.28 Å². The van der Waals surface area contributed by atoms with Crippen LogP contribution >= 0.6 is 0 Å². The number of hydrogen-bond donors (Lipinski definition) is 0. The Morgan fingerprint density at radius 3 is 1.97 bits per heavy atom. The van der Waals surface area contributed by atoms with Gasteiger partial charge in [0.05, 0.1) is 0 Å². The second kappa shape index (κ2) is 9.55. The van der Waals surface area contributed by atoms with Crippen molar-refractivity contribution in [3.05, 3.63) is 104 Å². The maximum atomic E-state index is 2.68. The molecule has 2 aromatic rings. The van der Waals surface area contributed by atoms with Crippen LogP contribution < -0.4 is 10.4 Å². The van der Waals surface area contributed by atoms with Gasteiger partial charge in [0.1, 0.15) is 0 Å². The van der Waals surface area contributed by atoms with Gasteiger partial charge in [-0.05, 0) is 0 Å². The van der Waals surface area contributed by atoms with Crippen LogP contribution in [0.3, 0.4) is 0 Å². The van der Waals surface area contributed by atoms with E-state index < -0.39 is 26.8 Å². The third kappa shape index (κ3) is 4.39. The van der Waals surface area contributed by atoms with E-state index in [4.69, 9.17) is 0 Å². The minimum atomic E-state index is -2.21. The van der Waals surface area contributed by atoms with Crippen molar-refractivity contribution in [2.45, 2.75) is 57.0 Å². The van der Waals surface area contributed by atoms with Gasteiger partial charge in [0.15, 0.2) is 0 Å². The Bertz CT molecular complexity index is 1020. The molecular formula is C29H35SiZr. The van der Waals surface area contributed by atoms with Crippen molar-refractivity contribution >= 4 is 16.3 Å². The fourth-order valence-electron chi connectivity index (χ4n) is 5.48. The van der Waals surface area contributed by atoms with Crippen LogP contribution in [0.2, 0.25) is 3.12 Å². The summed E-state index contributed by atoms with van der Waals surface area (Å²) in [7, 11) is 0. The Labute approximate surface area is 197 Å². The summed E-state index contributed by atoms with van der Waals surface area (Å²) in [6.07, 6.45) is 11.5. The average molecular weight is 503 g/mol. The Morgan fingerprint density at radius 1 is 0.903 bits per heavy atom. The third-order valence-corrected chi connectivity index (χ3v) is 31.6. The Kier molecular flexibility index (Phi) is 6.99. The van der Waals surface area contributed by atoms with Crippen molar-refractivity contribution in [3.63, 3.8) is 0 Å². The second-order valence-corrected chi connectivity index (χ2v) is 25.4. The molecule has 0 nitrogen and oxygen atoms in total. The molecule has 0 spiro atoms. The molecular weight excluding hydrogens is 468 g/mol. The zero-order valence-electron chi connectivity index (χ0n) is 19.7. The first kappa shape index (κ1) is 22.7. The molecule has 31 heavy (non-hydrogen) atoms. The normalized spacial score (nSPS) is 20.8. The molecule has 0 saturated carbocycles. The standard InChI is InChI=1S/C12H11Si.C9H13.C8H11.Zr/c1-3-7-11(8-4-1)13-12-9-5-2-6-10-12;1-6-5-7(2)9(4)8(6)3;1-2-5-8-6-3-4-7-8;/h1-10,13H;5H,1-4H3;6-7H,2-3,5H2,1H3;. The summed E-state index contributed by atoms with van der Waals surface area (Å²) in [5.41, 5.74) is 6.28. The second-order valence-electron chi connectivity index (χ2n) is 9.35. The molecule has 0 fully saturated rings. The molecule has 2 aromatic carbocycles. The Hall–Kier alpha value is -1.50.